The van der Waals surface area contributed by atoms with E-state index in [1.54, 1.807) is 12.3 Å². The maximum atomic E-state index is 12.3. The van der Waals surface area contributed by atoms with Crippen LogP contribution in [0.4, 0.5) is 0 Å². The summed E-state index contributed by atoms with van der Waals surface area (Å²) < 4.78 is 5.62. The summed E-state index contributed by atoms with van der Waals surface area (Å²) in [5, 5.41) is 10.8. The number of aromatic nitrogens is 2. The normalized spacial score (nSPS) is 11.0. The number of hydrogen-bond acceptors (Lipinski definition) is 3. The quantitative estimate of drug-likeness (QED) is 0.731. The van der Waals surface area contributed by atoms with E-state index in [-0.39, 0.29) is 12.0 Å². The van der Waals surface area contributed by atoms with Crippen LogP contribution in [0.1, 0.15) is 29.8 Å². The van der Waals surface area contributed by atoms with E-state index in [0.29, 0.717) is 12.1 Å². The van der Waals surface area contributed by atoms with Crippen molar-refractivity contribution in [2.75, 3.05) is 6.54 Å². The van der Waals surface area contributed by atoms with Gasteiger partial charge in [0.15, 0.2) is 0 Å². The van der Waals surface area contributed by atoms with Gasteiger partial charge in [-0.3, -0.25) is 9.89 Å². The second-order valence-electron chi connectivity index (χ2n) is 5.96. The molecule has 24 heavy (non-hydrogen) atoms. The van der Waals surface area contributed by atoms with Gasteiger partial charge in [-0.1, -0.05) is 24.3 Å². The molecule has 3 aromatic rings. The van der Waals surface area contributed by atoms with Gasteiger partial charge in [0.1, 0.15) is 5.75 Å². The molecule has 2 aromatic carbocycles. The van der Waals surface area contributed by atoms with Crippen LogP contribution in [0.5, 0.6) is 5.75 Å². The molecule has 0 aliphatic carbocycles. The van der Waals surface area contributed by atoms with Gasteiger partial charge in [-0.05, 0) is 44.0 Å². The van der Waals surface area contributed by atoms with E-state index in [0.717, 1.165) is 28.6 Å². The van der Waals surface area contributed by atoms with Crippen LogP contribution in [-0.4, -0.2) is 28.8 Å². The Kier molecular flexibility index (Phi) is 4.79. The van der Waals surface area contributed by atoms with Crippen molar-refractivity contribution >= 4 is 16.8 Å². The fraction of sp³-hybridized carbons (Fsp3) is 0.263. The molecule has 3 rings (SSSR count). The van der Waals surface area contributed by atoms with Crippen LogP contribution in [0.2, 0.25) is 0 Å². The van der Waals surface area contributed by atoms with Gasteiger partial charge in [-0.2, -0.15) is 5.10 Å². The lowest BCUT2D eigenvalue weighted by Gasteiger charge is -2.10. The maximum absolute atomic E-state index is 12.3. The third-order valence-electron chi connectivity index (χ3n) is 3.72. The first kappa shape index (κ1) is 16.1. The number of rotatable bonds is 6. The van der Waals surface area contributed by atoms with E-state index < -0.39 is 0 Å². The van der Waals surface area contributed by atoms with Crippen LogP contribution < -0.4 is 10.1 Å². The van der Waals surface area contributed by atoms with E-state index in [1.807, 2.05) is 50.2 Å². The Balaban J connectivity index is 1.56. The maximum Gasteiger partial charge on any atom is 0.253 e. The van der Waals surface area contributed by atoms with Gasteiger partial charge in [0.25, 0.3) is 5.91 Å². The largest absolute Gasteiger partial charge is 0.491 e. The number of carbonyl (C=O) groups is 1. The predicted molar refractivity (Wildman–Crippen MR) is 94.3 cm³/mol. The van der Waals surface area contributed by atoms with Crippen molar-refractivity contribution in [2.24, 2.45) is 0 Å². The Labute approximate surface area is 141 Å². The fourth-order valence-corrected chi connectivity index (χ4v) is 2.58. The van der Waals surface area contributed by atoms with E-state index in [9.17, 15) is 4.79 Å². The first-order valence-electron chi connectivity index (χ1n) is 8.09. The zero-order chi connectivity index (χ0) is 16.9. The van der Waals surface area contributed by atoms with Crippen molar-refractivity contribution in [3.63, 3.8) is 0 Å². The SMILES string of the molecule is CC(C)Oc1ccc(CCNC(=O)c2cccc3cn[nH]c23)cc1. The van der Waals surface area contributed by atoms with Gasteiger partial charge < -0.3 is 10.1 Å². The highest BCUT2D eigenvalue weighted by Gasteiger charge is 2.10. The molecule has 1 aromatic heterocycles. The second-order valence-corrected chi connectivity index (χ2v) is 5.96. The van der Waals surface area contributed by atoms with Crippen LogP contribution in [0.15, 0.2) is 48.7 Å². The highest BCUT2D eigenvalue weighted by molar-refractivity contribution is 6.05. The van der Waals surface area contributed by atoms with Crippen LogP contribution in [0.25, 0.3) is 10.9 Å². The molecule has 0 atom stereocenters. The summed E-state index contributed by atoms with van der Waals surface area (Å²) in [6.45, 7) is 4.58. The minimum absolute atomic E-state index is 0.0930. The zero-order valence-corrected chi connectivity index (χ0v) is 13.9. The van der Waals surface area contributed by atoms with Crippen LogP contribution in [-0.2, 0) is 6.42 Å². The van der Waals surface area contributed by atoms with Crippen molar-refractivity contribution in [3.8, 4) is 5.75 Å². The van der Waals surface area contributed by atoms with Crippen molar-refractivity contribution in [2.45, 2.75) is 26.4 Å². The molecule has 1 heterocycles. The average molecular weight is 323 g/mol. The summed E-state index contributed by atoms with van der Waals surface area (Å²) in [6.07, 6.45) is 2.65. The van der Waals surface area contributed by atoms with Gasteiger partial charge in [0, 0.05) is 11.9 Å². The summed E-state index contributed by atoms with van der Waals surface area (Å²) in [5.41, 5.74) is 2.54. The molecule has 0 saturated heterocycles. The molecule has 0 aliphatic heterocycles. The molecule has 5 nitrogen and oxygen atoms in total. The summed E-state index contributed by atoms with van der Waals surface area (Å²) in [4.78, 5) is 12.3. The number of nitrogens with zero attached hydrogens (tertiary/aromatic N) is 1. The highest BCUT2D eigenvalue weighted by atomic mass is 16.5. The molecule has 0 spiro atoms. The number of amides is 1. The lowest BCUT2D eigenvalue weighted by molar-refractivity contribution is 0.0955. The minimum atomic E-state index is -0.0930. The minimum Gasteiger partial charge on any atom is -0.491 e. The first-order chi connectivity index (χ1) is 11.6. The van der Waals surface area contributed by atoms with Gasteiger partial charge in [-0.25, -0.2) is 0 Å². The number of benzene rings is 2. The van der Waals surface area contributed by atoms with Gasteiger partial charge >= 0.3 is 0 Å². The third kappa shape index (κ3) is 3.74. The number of fused-ring (bicyclic) bond motifs is 1. The highest BCUT2D eigenvalue weighted by Crippen LogP contribution is 2.16. The molecule has 0 bridgehead atoms. The predicted octanol–water partition coefficient (Wildman–Crippen LogP) is 3.32. The second kappa shape index (κ2) is 7.17. The van der Waals surface area contributed by atoms with Crippen molar-refractivity contribution in [3.05, 3.63) is 59.8 Å². The number of hydrogen-bond donors (Lipinski definition) is 2. The molecule has 0 fully saturated rings. The summed E-state index contributed by atoms with van der Waals surface area (Å²) in [5.74, 6) is 0.772. The Morgan fingerprint density at radius 3 is 2.75 bits per heavy atom. The lowest BCUT2D eigenvalue weighted by atomic mass is 10.1. The molecule has 0 radical (unpaired) electrons. The van der Waals surface area contributed by atoms with E-state index in [1.165, 1.54) is 0 Å². The van der Waals surface area contributed by atoms with Crippen LogP contribution >= 0.6 is 0 Å². The summed E-state index contributed by atoms with van der Waals surface area (Å²) >= 11 is 0. The Bertz CT molecular complexity index is 822. The van der Waals surface area contributed by atoms with Gasteiger partial charge in [0.05, 0.1) is 23.4 Å². The molecule has 5 heteroatoms. The monoisotopic (exact) mass is 323 g/mol. The van der Waals surface area contributed by atoms with E-state index >= 15 is 0 Å². The van der Waals surface area contributed by atoms with Crippen LogP contribution in [0.3, 0.4) is 0 Å². The zero-order valence-electron chi connectivity index (χ0n) is 13.9. The molecule has 2 N–H and O–H groups in total. The van der Waals surface area contributed by atoms with Crippen molar-refractivity contribution in [1.82, 2.24) is 15.5 Å². The molecule has 124 valence electrons. The number of ether oxygens (including phenoxy) is 1. The molecule has 0 aliphatic rings. The molecular formula is C19H21N3O2. The fourth-order valence-electron chi connectivity index (χ4n) is 2.58. The number of carbonyl (C=O) groups excluding carboxylic acids is 1. The van der Waals surface area contributed by atoms with Gasteiger partial charge in [-0.15, -0.1) is 0 Å². The molecule has 1 amide bonds. The Morgan fingerprint density at radius 1 is 1.21 bits per heavy atom. The van der Waals surface area contributed by atoms with E-state index in [4.69, 9.17) is 4.74 Å². The topological polar surface area (TPSA) is 67.0 Å². The van der Waals surface area contributed by atoms with Crippen molar-refractivity contribution < 1.29 is 9.53 Å². The lowest BCUT2D eigenvalue weighted by Crippen LogP contribution is -2.25. The molecule has 0 unspecified atom stereocenters. The number of para-hydroxylation sites is 1. The van der Waals surface area contributed by atoms with Gasteiger partial charge in [0.2, 0.25) is 0 Å². The van der Waals surface area contributed by atoms with E-state index in [2.05, 4.69) is 15.5 Å². The first-order valence-corrected chi connectivity index (χ1v) is 8.09. The standard InChI is InChI=1S/C19H21N3O2/c1-13(2)24-16-8-6-14(7-9-16)10-11-20-19(23)17-5-3-4-15-12-21-22-18(15)17/h3-9,12-13H,10-11H2,1-2H3,(H,20,23)(H,21,22). The molecular weight excluding hydrogens is 302 g/mol. The number of nitrogens with one attached hydrogen (secondary N) is 2. The number of H-pyrrole nitrogens is 1. The van der Waals surface area contributed by atoms with Crippen molar-refractivity contribution in [1.29, 1.82) is 0 Å². The summed E-state index contributed by atoms with van der Waals surface area (Å²) in [6, 6.07) is 13.6. The third-order valence-corrected chi connectivity index (χ3v) is 3.72. The average Bonchev–Trinajstić information content (AvgIpc) is 3.04. The van der Waals surface area contributed by atoms with Crippen LogP contribution in [0, 0.1) is 0 Å². The Hall–Kier alpha value is -2.82. The number of aromatic amines is 1. The smallest absolute Gasteiger partial charge is 0.253 e. The summed E-state index contributed by atoms with van der Waals surface area (Å²) in [7, 11) is 0. The molecule has 0 saturated carbocycles. The Morgan fingerprint density at radius 2 is 2.00 bits per heavy atom.